The van der Waals surface area contributed by atoms with Gasteiger partial charge in [0.15, 0.2) is 0 Å². The van der Waals surface area contributed by atoms with E-state index in [1.54, 1.807) is 35.1 Å². The Morgan fingerprint density at radius 3 is 2.36 bits per heavy atom. The van der Waals surface area contributed by atoms with Crippen LogP contribution in [-0.2, 0) is 27.3 Å². The van der Waals surface area contributed by atoms with E-state index in [1.807, 2.05) is 0 Å². The minimum absolute atomic E-state index is 0.117. The van der Waals surface area contributed by atoms with Crippen LogP contribution in [0.15, 0.2) is 18.2 Å². The number of benzene rings is 1. The van der Waals surface area contributed by atoms with Crippen LogP contribution in [0, 0.1) is 11.8 Å². The molecule has 2 amide bonds. The van der Waals surface area contributed by atoms with Crippen LogP contribution < -0.4 is 11.5 Å². The van der Waals surface area contributed by atoms with Gasteiger partial charge in [-0.1, -0.05) is 6.07 Å². The number of nitrogens with two attached hydrogens (primary N) is 2. The molecule has 4 rings (SSSR count). The highest BCUT2D eigenvalue weighted by atomic mass is 16.4. The molecule has 3 atom stereocenters. The number of primary amides is 2. The summed E-state index contributed by atoms with van der Waals surface area (Å²) in [6, 6.07) is 4.37. The lowest BCUT2D eigenvalue weighted by molar-refractivity contribution is -0.178. The maximum absolute atomic E-state index is 12.6. The smallest absolute Gasteiger partial charge is 0.325 e. The zero-order chi connectivity index (χ0) is 23.9. The number of hydrogen-bond acceptors (Lipinski definition) is 7. The van der Waals surface area contributed by atoms with Crippen LogP contribution in [0.5, 0.6) is 5.75 Å². The van der Waals surface area contributed by atoms with E-state index >= 15 is 0 Å². The number of carbonyl (C=O) groups is 3. The molecule has 0 aliphatic carbocycles. The van der Waals surface area contributed by atoms with Crippen LogP contribution in [0.2, 0.25) is 0 Å². The van der Waals surface area contributed by atoms with Crippen LogP contribution >= 0.6 is 0 Å². The molecular formula is C23H33N5O5. The maximum atomic E-state index is 12.6. The second kappa shape index (κ2) is 8.92. The van der Waals surface area contributed by atoms with E-state index in [1.165, 1.54) is 0 Å². The summed E-state index contributed by atoms with van der Waals surface area (Å²) in [5.41, 5.74) is 11.8. The van der Waals surface area contributed by atoms with Crippen molar-refractivity contribution in [2.45, 2.75) is 50.7 Å². The number of rotatable bonds is 6. The van der Waals surface area contributed by atoms with Gasteiger partial charge in [0.25, 0.3) is 0 Å². The average molecular weight is 460 g/mol. The zero-order valence-electron chi connectivity index (χ0n) is 18.9. The van der Waals surface area contributed by atoms with Crippen molar-refractivity contribution in [3.8, 4) is 5.75 Å². The molecule has 0 aromatic heterocycles. The maximum Gasteiger partial charge on any atom is 0.325 e. The van der Waals surface area contributed by atoms with Crippen LogP contribution in [0.4, 0.5) is 0 Å². The second-order valence-corrected chi connectivity index (χ2v) is 9.71. The van der Waals surface area contributed by atoms with E-state index in [2.05, 4.69) is 4.90 Å². The fourth-order valence-corrected chi connectivity index (χ4v) is 5.72. The molecule has 3 aliphatic rings. The molecular weight excluding hydrogens is 426 g/mol. The van der Waals surface area contributed by atoms with Gasteiger partial charge in [-0.25, -0.2) is 10.0 Å². The fraction of sp³-hybridized carbons (Fsp3) is 0.609. The number of aliphatic carboxylic acids is 1. The van der Waals surface area contributed by atoms with Crippen molar-refractivity contribution in [3.63, 3.8) is 0 Å². The van der Waals surface area contributed by atoms with Crippen molar-refractivity contribution in [2.75, 3.05) is 26.2 Å². The molecule has 10 nitrogen and oxygen atoms in total. The lowest BCUT2D eigenvalue weighted by atomic mass is 9.85. The van der Waals surface area contributed by atoms with Crippen molar-refractivity contribution < 1.29 is 24.6 Å². The Bertz CT molecular complexity index is 947. The molecule has 1 unspecified atom stereocenters. The lowest BCUT2D eigenvalue weighted by Gasteiger charge is -2.47. The highest BCUT2D eigenvalue weighted by molar-refractivity contribution is 5.82. The first-order valence-corrected chi connectivity index (χ1v) is 11.5. The van der Waals surface area contributed by atoms with Gasteiger partial charge in [0.2, 0.25) is 11.8 Å². The highest BCUT2D eigenvalue weighted by Gasteiger charge is 2.55. The number of hydrazine groups is 1. The molecule has 0 radical (unpaired) electrons. The third-order valence-corrected chi connectivity index (χ3v) is 7.86. The SMILES string of the molecule is C[C@@]1(C(=O)O)[C@H](CN2CCC(C(N)=O)CC2)CCN1N1Cc2cc(O)ccc2CC1C(N)=O. The topological polar surface area (TPSA) is 153 Å². The van der Waals surface area contributed by atoms with Gasteiger partial charge in [0, 0.05) is 31.5 Å². The molecule has 10 heteroatoms. The normalized spacial score (nSPS) is 29.6. The Labute approximate surface area is 193 Å². The number of carboxylic acids is 1. The largest absolute Gasteiger partial charge is 0.508 e. The first kappa shape index (κ1) is 23.5. The van der Waals surface area contributed by atoms with Gasteiger partial charge in [-0.3, -0.25) is 14.4 Å². The zero-order valence-corrected chi connectivity index (χ0v) is 18.9. The predicted molar refractivity (Wildman–Crippen MR) is 120 cm³/mol. The van der Waals surface area contributed by atoms with Gasteiger partial charge < -0.3 is 26.6 Å². The van der Waals surface area contributed by atoms with E-state index in [-0.39, 0.29) is 23.5 Å². The van der Waals surface area contributed by atoms with Crippen molar-refractivity contribution in [2.24, 2.45) is 23.3 Å². The molecule has 0 saturated carbocycles. The number of amides is 2. The number of phenols is 1. The minimum atomic E-state index is -1.22. The first-order valence-electron chi connectivity index (χ1n) is 11.5. The molecule has 3 aliphatic heterocycles. The molecule has 33 heavy (non-hydrogen) atoms. The Kier molecular flexibility index (Phi) is 6.35. The Morgan fingerprint density at radius 1 is 1.06 bits per heavy atom. The number of fused-ring (bicyclic) bond motifs is 1. The summed E-state index contributed by atoms with van der Waals surface area (Å²) >= 11 is 0. The molecule has 1 aromatic carbocycles. The summed E-state index contributed by atoms with van der Waals surface area (Å²) in [6.07, 6.45) is 2.40. The number of piperidine rings is 1. The molecule has 2 fully saturated rings. The summed E-state index contributed by atoms with van der Waals surface area (Å²) in [6.45, 7) is 4.52. The number of hydrogen-bond donors (Lipinski definition) is 4. The summed E-state index contributed by atoms with van der Waals surface area (Å²) in [7, 11) is 0. The number of carbonyl (C=O) groups excluding carboxylic acids is 2. The van der Waals surface area contributed by atoms with Crippen LogP contribution in [0.3, 0.4) is 0 Å². The van der Waals surface area contributed by atoms with Gasteiger partial charge in [-0.05, 0) is 69.0 Å². The summed E-state index contributed by atoms with van der Waals surface area (Å²) in [5.74, 6) is -1.87. The van der Waals surface area contributed by atoms with E-state index in [0.29, 0.717) is 58.4 Å². The summed E-state index contributed by atoms with van der Waals surface area (Å²) in [5, 5.41) is 23.9. The van der Waals surface area contributed by atoms with E-state index in [4.69, 9.17) is 11.5 Å². The van der Waals surface area contributed by atoms with Crippen LogP contribution in [0.25, 0.3) is 0 Å². The van der Waals surface area contributed by atoms with Gasteiger partial charge >= 0.3 is 5.97 Å². The van der Waals surface area contributed by atoms with Gasteiger partial charge in [0.1, 0.15) is 17.3 Å². The fourth-order valence-electron chi connectivity index (χ4n) is 5.72. The number of aromatic hydroxyl groups is 1. The third kappa shape index (κ3) is 4.30. The highest BCUT2D eigenvalue weighted by Crippen LogP contribution is 2.40. The number of likely N-dealkylation sites (tertiary alicyclic amines) is 1. The van der Waals surface area contributed by atoms with E-state index in [9.17, 15) is 24.6 Å². The molecule has 0 spiro atoms. The molecule has 2 saturated heterocycles. The lowest BCUT2D eigenvalue weighted by Crippen LogP contribution is -2.65. The van der Waals surface area contributed by atoms with Crippen molar-refractivity contribution >= 4 is 17.8 Å². The minimum Gasteiger partial charge on any atom is -0.508 e. The summed E-state index contributed by atoms with van der Waals surface area (Å²) < 4.78 is 0. The van der Waals surface area contributed by atoms with Gasteiger partial charge in [0.05, 0.1) is 0 Å². The quantitative estimate of drug-likeness (QED) is 0.459. The molecule has 180 valence electrons. The van der Waals surface area contributed by atoms with Gasteiger partial charge in [-0.15, -0.1) is 0 Å². The van der Waals surface area contributed by atoms with Crippen molar-refractivity contribution in [1.82, 2.24) is 14.9 Å². The van der Waals surface area contributed by atoms with Crippen LogP contribution in [0.1, 0.15) is 37.3 Å². The Morgan fingerprint density at radius 2 is 1.76 bits per heavy atom. The molecule has 1 aromatic rings. The standard InChI is InChI=1S/C23H33N5O5/c1-23(22(32)33)17(13-26-7-4-14(5-8-26)20(24)30)6-9-28(23)27-12-16-10-18(29)3-2-15(16)11-19(27)21(25)31/h2-3,10,14,17,19,29H,4-9,11-13H2,1H3,(H2,24,30)(H2,25,31)(H,32,33)/t17-,19?,23-/m0/s1. The number of phenolic OH excluding ortho intramolecular Hbond substituents is 1. The average Bonchev–Trinajstić information content (AvgIpc) is 3.10. The molecule has 0 bridgehead atoms. The molecule has 3 heterocycles. The van der Waals surface area contributed by atoms with Crippen molar-refractivity contribution in [1.29, 1.82) is 0 Å². The first-order chi connectivity index (χ1) is 15.6. The molecule has 6 N–H and O–H groups in total. The van der Waals surface area contributed by atoms with Gasteiger partial charge in [-0.2, -0.15) is 0 Å². The Hall–Kier alpha value is -2.69. The second-order valence-electron chi connectivity index (χ2n) is 9.71. The number of carboxylic acid groups (broad SMARTS) is 1. The Balaban J connectivity index is 1.56. The number of nitrogens with zero attached hydrogens (tertiary/aromatic N) is 3. The van der Waals surface area contributed by atoms with E-state index < -0.39 is 23.5 Å². The third-order valence-electron chi connectivity index (χ3n) is 7.86. The van der Waals surface area contributed by atoms with Crippen LogP contribution in [-0.4, -0.2) is 80.7 Å². The predicted octanol–water partition coefficient (Wildman–Crippen LogP) is -0.118. The van der Waals surface area contributed by atoms with E-state index in [0.717, 1.165) is 11.1 Å². The summed E-state index contributed by atoms with van der Waals surface area (Å²) in [4.78, 5) is 38.7. The monoisotopic (exact) mass is 459 g/mol. The van der Waals surface area contributed by atoms with Crippen molar-refractivity contribution in [3.05, 3.63) is 29.3 Å².